The first-order valence-electron chi connectivity index (χ1n) is 9.51. The molecule has 7 nitrogen and oxygen atoms in total. The van der Waals surface area contributed by atoms with Crippen LogP contribution in [0.2, 0.25) is 0 Å². The summed E-state index contributed by atoms with van der Waals surface area (Å²) < 4.78 is 6.74. The maximum atomic E-state index is 13.5. The van der Waals surface area contributed by atoms with Gasteiger partial charge >= 0.3 is 5.97 Å². The van der Waals surface area contributed by atoms with E-state index in [4.69, 9.17) is 4.74 Å². The Kier molecular flexibility index (Phi) is 5.82. The monoisotopic (exact) mass is 406 g/mol. The van der Waals surface area contributed by atoms with E-state index >= 15 is 0 Å². The van der Waals surface area contributed by atoms with E-state index in [-0.39, 0.29) is 11.3 Å². The zero-order valence-corrected chi connectivity index (χ0v) is 17.3. The molecule has 0 bridgehead atoms. The van der Waals surface area contributed by atoms with Crippen molar-refractivity contribution in [2.24, 2.45) is 7.05 Å². The number of pyridine rings is 1. The van der Waals surface area contributed by atoms with E-state index in [1.807, 2.05) is 13.0 Å². The number of hydrogen-bond acceptors (Lipinski definition) is 5. The van der Waals surface area contributed by atoms with Gasteiger partial charge in [-0.3, -0.25) is 19.2 Å². The van der Waals surface area contributed by atoms with E-state index in [1.54, 1.807) is 49.5 Å². The van der Waals surface area contributed by atoms with E-state index in [9.17, 15) is 19.2 Å². The van der Waals surface area contributed by atoms with E-state index in [2.05, 4.69) is 0 Å². The first-order chi connectivity index (χ1) is 14.3. The summed E-state index contributed by atoms with van der Waals surface area (Å²) in [5, 5.41) is 0.497. The Morgan fingerprint density at radius 1 is 1.00 bits per heavy atom. The Labute approximate surface area is 173 Å². The highest BCUT2D eigenvalue weighted by atomic mass is 16.5. The summed E-state index contributed by atoms with van der Waals surface area (Å²) in [5.74, 6) is -2.20. The third-order valence-electron chi connectivity index (χ3n) is 4.84. The Morgan fingerprint density at radius 3 is 2.23 bits per heavy atom. The molecule has 0 saturated heterocycles. The van der Waals surface area contributed by atoms with Gasteiger partial charge in [0.25, 0.3) is 11.5 Å². The number of carbonyl (C=O) groups excluding carboxylic acids is 3. The average Bonchev–Trinajstić information content (AvgIpc) is 2.71. The molecule has 0 N–H and O–H groups in total. The second-order valence-corrected chi connectivity index (χ2v) is 6.82. The minimum absolute atomic E-state index is 0.120. The number of aryl methyl sites for hydroxylation is 2. The second-order valence-electron chi connectivity index (χ2n) is 6.82. The van der Waals surface area contributed by atoms with E-state index in [0.717, 1.165) is 10.5 Å². The molecule has 0 aliphatic heterocycles. The summed E-state index contributed by atoms with van der Waals surface area (Å²) in [6.45, 7) is 4.36. The van der Waals surface area contributed by atoms with Crippen molar-refractivity contribution < 1.29 is 19.1 Å². The molecule has 1 aromatic heterocycles. The lowest BCUT2D eigenvalue weighted by Gasteiger charge is -2.22. The molecule has 3 rings (SSSR count). The van der Waals surface area contributed by atoms with Gasteiger partial charge in [-0.2, -0.15) is 0 Å². The number of anilines is 1. The first-order valence-corrected chi connectivity index (χ1v) is 9.51. The molecule has 2 amide bonds. The van der Waals surface area contributed by atoms with Gasteiger partial charge in [0, 0.05) is 26.3 Å². The van der Waals surface area contributed by atoms with Crippen molar-refractivity contribution in [3.05, 3.63) is 70.0 Å². The molecule has 2 aromatic carbocycles. The first kappa shape index (κ1) is 21.0. The number of ether oxygens (including phenoxy) is 1. The molecule has 0 fully saturated rings. The number of hydrogen-bond donors (Lipinski definition) is 0. The third kappa shape index (κ3) is 3.61. The topological polar surface area (TPSA) is 85.7 Å². The minimum Gasteiger partial charge on any atom is -0.425 e. The number of para-hydroxylation sites is 1. The number of rotatable bonds is 4. The van der Waals surface area contributed by atoms with Crippen molar-refractivity contribution in [2.75, 3.05) is 4.90 Å². The maximum Gasteiger partial charge on any atom is 0.308 e. The number of amides is 2. The van der Waals surface area contributed by atoms with Crippen LogP contribution in [0.1, 0.15) is 36.7 Å². The smallest absolute Gasteiger partial charge is 0.308 e. The van der Waals surface area contributed by atoms with Crippen molar-refractivity contribution in [1.82, 2.24) is 4.57 Å². The van der Waals surface area contributed by atoms with Gasteiger partial charge in [0.1, 0.15) is 5.56 Å². The lowest BCUT2D eigenvalue weighted by molar-refractivity contribution is -0.131. The number of nitrogens with zero attached hydrogens (tertiary/aromatic N) is 2. The number of fused-ring (bicyclic) bond motifs is 1. The Morgan fingerprint density at radius 2 is 1.67 bits per heavy atom. The fourth-order valence-electron chi connectivity index (χ4n) is 3.49. The van der Waals surface area contributed by atoms with Crippen LogP contribution in [0.5, 0.6) is 5.75 Å². The van der Waals surface area contributed by atoms with Crippen molar-refractivity contribution >= 4 is 34.4 Å². The van der Waals surface area contributed by atoms with Crippen LogP contribution in [-0.4, -0.2) is 22.4 Å². The zero-order chi connectivity index (χ0) is 22.0. The summed E-state index contributed by atoms with van der Waals surface area (Å²) in [4.78, 5) is 51.9. The number of esters is 1. The molecule has 0 saturated carbocycles. The maximum absolute atomic E-state index is 13.5. The summed E-state index contributed by atoms with van der Waals surface area (Å²) >= 11 is 0. The zero-order valence-electron chi connectivity index (χ0n) is 17.3. The van der Waals surface area contributed by atoms with Crippen LogP contribution in [0.4, 0.5) is 5.69 Å². The van der Waals surface area contributed by atoms with Gasteiger partial charge in [0.15, 0.2) is 5.75 Å². The summed E-state index contributed by atoms with van der Waals surface area (Å²) in [6.07, 6.45) is 0.590. The van der Waals surface area contributed by atoms with Crippen LogP contribution < -0.4 is 15.2 Å². The van der Waals surface area contributed by atoms with Crippen LogP contribution in [-0.2, 0) is 23.1 Å². The molecule has 0 spiro atoms. The largest absolute Gasteiger partial charge is 0.425 e. The second kappa shape index (κ2) is 8.32. The molecule has 0 unspecified atom stereocenters. The van der Waals surface area contributed by atoms with Crippen molar-refractivity contribution in [1.29, 1.82) is 0 Å². The van der Waals surface area contributed by atoms with E-state index in [1.165, 1.54) is 18.4 Å². The van der Waals surface area contributed by atoms with Gasteiger partial charge in [0.05, 0.1) is 11.2 Å². The normalized spacial score (nSPS) is 10.7. The fraction of sp³-hybridized carbons (Fsp3) is 0.217. The van der Waals surface area contributed by atoms with Crippen LogP contribution in [0.15, 0.2) is 53.3 Å². The van der Waals surface area contributed by atoms with Crippen LogP contribution in [0.3, 0.4) is 0 Å². The predicted octanol–water partition coefficient (Wildman–Crippen LogP) is 3.22. The van der Waals surface area contributed by atoms with Gasteiger partial charge in [-0.15, -0.1) is 0 Å². The van der Waals surface area contributed by atoms with Crippen LogP contribution in [0.25, 0.3) is 10.9 Å². The number of imide groups is 1. The number of carbonyl (C=O) groups is 3. The van der Waals surface area contributed by atoms with E-state index in [0.29, 0.717) is 23.0 Å². The summed E-state index contributed by atoms with van der Waals surface area (Å²) in [7, 11) is 1.54. The minimum atomic E-state index is -0.849. The highest BCUT2D eigenvalue weighted by Gasteiger charge is 2.31. The molecule has 154 valence electrons. The molecule has 0 aliphatic carbocycles. The molecule has 0 radical (unpaired) electrons. The molecule has 7 heteroatoms. The Hall–Kier alpha value is -3.74. The molecule has 0 atom stereocenters. The van der Waals surface area contributed by atoms with Gasteiger partial charge in [0.2, 0.25) is 5.91 Å². The molecule has 30 heavy (non-hydrogen) atoms. The van der Waals surface area contributed by atoms with Gasteiger partial charge < -0.3 is 9.30 Å². The summed E-state index contributed by atoms with van der Waals surface area (Å²) in [5.41, 5.74) is 0.637. The van der Waals surface area contributed by atoms with Crippen LogP contribution in [0, 0.1) is 0 Å². The molecular weight excluding hydrogens is 384 g/mol. The van der Waals surface area contributed by atoms with Crippen molar-refractivity contribution in [2.45, 2.75) is 27.2 Å². The number of benzene rings is 2. The number of aromatic nitrogens is 1. The fourth-order valence-corrected chi connectivity index (χ4v) is 3.49. The third-order valence-corrected chi connectivity index (χ3v) is 4.84. The SMILES string of the molecule is CCc1cccc2c1c(OC(C)=O)c(C(=O)N(C(C)=O)c1ccccc1)c(=O)n2C. The van der Waals surface area contributed by atoms with Gasteiger partial charge in [-0.1, -0.05) is 37.3 Å². The molecule has 3 aromatic rings. The lowest BCUT2D eigenvalue weighted by Crippen LogP contribution is -2.40. The van der Waals surface area contributed by atoms with E-state index < -0.39 is 23.3 Å². The standard InChI is InChI=1S/C23H22N2O5/c1-5-16-10-9-13-18-19(16)21(30-15(3)27)20(22(28)24(18)4)23(29)25(14(2)26)17-11-7-6-8-12-17/h6-13H,5H2,1-4H3. The van der Waals surface area contributed by atoms with Crippen molar-refractivity contribution in [3.8, 4) is 5.75 Å². The highest BCUT2D eigenvalue weighted by molar-refractivity contribution is 6.22. The lowest BCUT2D eigenvalue weighted by atomic mass is 10.0. The van der Waals surface area contributed by atoms with Gasteiger partial charge in [-0.25, -0.2) is 4.90 Å². The quantitative estimate of drug-likeness (QED) is 0.621. The molecular formula is C23H22N2O5. The summed E-state index contributed by atoms with van der Waals surface area (Å²) in [6, 6.07) is 13.6. The average molecular weight is 406 g/mol. The highest BCUT2D eigenvalue weighted by Crippen LogP contribution is 2.32. The Balaban J connectivity index is 2.40. The molecule has 1 heterocycles. The molecule has 0 aliphatic rings. The van der Waals surface area contributed by atoms with Crippen molar-refractivity contribution in [3.63, 3.8) is 0 Å². The van der Waals surface area contributed by atoms with Gasteiger partial charge in [-0.05, 0) is 30.2 Å². The Bertz CT molecular complexity index is 1210. The predicted molar refractivity (Wildman–Crippen MR) is 114 cm³/mol. The van der Waals surface area contributed by atoms with Crippen LogP contribution >= 0.6 is 0 Å².